The third-order valence-corrected chi connectivity index (χ3v) is 4.71. The molecule has 0 radical (unpaired) electrons. The Morgan fingerprint density at radius 1 is 0.692 bits per heavy atom. The number of hydrogen-bond acceptors (Lipinski definition) is 2. The summed E-state index contributed by atoms with van der Waals surface area (Å²) in [5, 5.41) is 2.12. The third-order valence-electron chi connectivity index (χ3n) is 4.21. The summed E-state index contributed by atoms with van der Waals surface area (Å²) in [7, 11) is 0. The van der Waals surface area contributed by atoms with Crippen LogP contribution < -0.4 is 4.74 Å². The summed E-state index contributed by atoms with van der Waals surface area (Å²) in [5.41, 5.74) is 2.71. The normalized spacial score (nSPS) is 10.7. The van der Waals surface area contributed by atoms with E-state index >= 15 is 0 Å². The van der Waals surface area contributed by atoms with Gasteiger partial charge in [0.15, 0.2) is 0 Å². The molecule has 0 saturated carbocycles. The van der Waals surface area contributed by atoms with Crippen molar-refractivity contribution in [2.75, 3.05) is 0 Å². The Kier molecular flexibility index (Phi) is 4.55. The SMILES string of the molecule is O=C(Oc1ccc2cc(Br)ccc2c1)c1ccc(-c2ccccc2)cc1. The van der Waals surface area contributed by atoms with E-state index < -0.39 is 0 Å². The van der Waals surface area contributed by atoms with Gasteiger partial charge in [0.25, 0.3) is 0 Å². The van der Waals surface area contributed by atoms with Crippen LogP contribution in [0.15, 0.2) is 95.5 Å². The monoisotopic (exact) mass is 402 g/mol. The summed E-state index contributed by atoms with van der Waals surface area (Å²) in [6.45, 7) is 0. The van der Waals surface area contributed by atoms with E-state index in [9.17, 15) is 4.79 Å². The zero-order valence-electron chi connectivity index (χ0n) is 13.9. The van der Waals surface area contributed by atoms with E-state index in [0.717, 1.165) is 26.4 Å². The zero-order chi connectivity index (χ0) is 17.9. The lowest BCUT2D eigenvalue weighted by atomic mass is 10.0. The number of benzene rings is 4. The second kappa shape index (κ2) is 7.14. The second-order valence-corrected chi connectivity index (χ2v) is 6.90. The number of carbonyl (C=O) groups is 1. The first-order valence-corrected chi connectivity index (χ1v) is 9.05. The van der Waals surface area contributed by atoms with Crippen LogP contribution in [0, 0.1) is 0 Å². The smallest absolute Gasteiger partial charge is 0.343 e. The van der Waals surface area contributed by atoms with Gasteiger partial charge in [0, 0.05) is 4.47 Å². The van der Waals surface area contributed by atoms with Crippen molar-refractivity contribution in [3.05, 3.63) is 101 Å². The predicted molar refractivity (Wildman–Crippen MR) is 108 cm³/mol. The minimum atomic E-state index is -0.360. The number of rotatable bonds is 3. The van der Waals surface area contributed by atoms with Crippen LogP contribution >= 0.6 is 15.9 Å². The highest BCUT2D eigenvalue weighted by atomic mass is 79.9. The molecule has 0 spiro atoms. The molecule has 0 atom stereocenters. The van der Waals surface area contributed by atoms with Crippen LogP contribution in [0.4, 0.5) is 0 Å². The minimum absolute atomic E-state index is 0.360. The first-order chi connectivity index (χ1) is 12.7. The average molecular weight is 403 g/mol. The molecule has 126 valence electrons. The maximum atomic E-state index is 12.4. The van der Waals surface area contributed by atoms with Crippen molar-refractivity contribution in [2.24, 2.45) is 0 Å². The van der Waals surface area contributed by atoms with Gasteiger partial charge >= 0.3 is 5.97 Å². The van der Waals surface area contributed by atoms with E-state index in [2.05, 4.69) is 15.9 Å². The van der Waals surface area contributed by atoms with E-state index in [0.29, 0.717) is 11.3 Å². The van der Waals surface area contributed by atoms with Gasteiger partial charge in [0.05, 0.1) is 5.56 Å². The Hall–Kier alpha value is -2.91. The Morgan fingerprint density at radius 3 is 2.12 bits per heavy atom. The Balaban J connectivity index is 1.53. The molecule has 0 fully saturated rings. The van der Waals surface area contributed by atoms with E-state index in [-0.39, 0.29) is 5.97 Å². The largest absolute Gasteiger partial charge is 0.423 e. The molecule has 0 aliphatic heterocycles. The highest BCUT2D eigenvalue weighted by molar-refractivity contribution is 9.10. The second-order valence-electron chi connectivity index (χ2n) is 5.99. The molecule has 3 heteroatoms. The molecule has 2 nitrogen and oxygen atoms in total. The van der Waals surface area contributed by atoms with Gasteiger partial charge in [-0.2, -0.15) is 0 Å². The molecular formula is C23H15BrO2. The summed E-state index contributed by atoms with van der Waals surface area (Å²) in [6.07, 6.45) is 0. The molecule has 4 rings (SSSR count). The van der Waals surface area contributed by atoms with Gasteiger partial charge in [0.1, 0.15) is 5.75 Å². The fraction of sp³-hybridized carbons (Fsp3) is 0. The van der Waals surface area contributed by atoms with Crippen LogP contribution in [0.5, 0.6) is 5.75 Å². The molecule has 0 bridgehead atoms. The summed E-state index contributed by atoms with van der Waals surface area (Å²) in [4.78, 5) is 12.4. The van der Waals surface area contributed by atoms with Crippen molar-refractivity contribution in [2.45, 2.75) is 0 Å². The lowest BCUT2D eigenvalue weighted by Gasteiger charge is -2.07. The fourth-order valence-electron chi connectivity index (χ4n) is 2.85. The molecule has 0 saturated heterocycles. The van der Waals surface area contributed by atoms with Gasteiger partial charge in [-0.25, -0.2) is 4.79 Å². The standard InChI is InChI=1S/C23H15BrO2/c24-21-12-10-20-15-22(13-11-19(20)14-21)26-23(25)18-8-6-17(7-9-18)16-4-2-1-3-5-16/h1-15H. The first kappa shape index (κ1) is 16.6. The number of esters is 1. The van der Waals surface area contributed by atoms with Crippen LogP contribution in [-0.4, -0.2) is 5.97 Å². The van der Waals surface area contributed by atoms with Crippen LogP contribution in [0.3, 0.4) is 0 Å². The molecule has 0 N–H and O–H groups in total. The van der Waals surface area contributed by atoms with Crippen molar-refractivity contribution >= 4 is 32.7 Å². The van der Waals surface area contributed by atoms with E-state index in [1.54, 1.807) is 12.1 Å². The summed E-state index contributed by atoms with van der Waals surface area (Å²) >= 11 is 3.46. The maximum absolute atomic E-state index is 12.4. The third kappa shape index (κ3) is 3.53. The number of ether oxygens (including phenoxy) is 1. The molecule has 0 unspecified atom stereocenters. The van der Waals surface area contributed by atoms with Crippen LogP contribution in [0.1, 0.15) is 10.4 Å². The number of fused-ring (bicyclic) bond motifs is 1. The Morgan fingerprint density at radius 2 is 1.35 bits per heavy atom. The summed E-state index contributed by atoms with van der Waals surface area (Å²) in [5.74, 6) is 0.179. The van der Waals surface area contributed by atoms with Crippen molar-refractivity contribution in [3.8, 4) is 16.9 Å². The summed E-state index contributed by atoms with van der Waals surface area (Å²) in [6, 6.07) is 29.1. The van der Waals surface area contributed by atoms with Crippen molar-refractivity contribution in [1.82, 2.24) is 0 Å². The fourth-order valence-corrected chi connectivity index (χ4v) is 3.23. The molecule has 4 aromatic rings. The van der Waals surface area contributed by atoms with Gasteiger partial charge in [-0.3, -0.25) is 0 Å². The zero-order valence-corrected chi connectivity index (χ0v) is 15.4. The van der Waals surface area contributed by atoms with E-state index in [1.807, 2.05) is 78.9 Å². The molecule has 0 aliphatic rings. The van der Waals surface area contributed by atoms with E-state index in [1.165, 1.54) is 0 Å². The van der Waals surface area contributed by atoms with Crippen molar-refractivity contribution < 1.29 is 9.53 Å². The lowest BCUT2D eigenvalue weighted by molar-refractivity contribution is 0.0735. The number of carbonyl (C=O) groups excluding carboxylic acids is 1. The highest BCUT2D eigenvalue weighted by Gasteiger charge is 2.09. The van der Waals surface area contributed by atoms with Gasteiger partial charge in [-0.05, 0) is 58.3 Å². The maximum Gasteiger partial charge on any atom is 0.343 e. The first-order valence-electron chi connectivity index (χ1n) is 8.26. The minimum Gasteiger partial charge on any atom is -0.423 e. The quantitative estimate of drug-likeness (QED) is 0.289. The van der Waals surface area contributed by atoms with Crippen LogP contribution in [0.25, 0.3) is 21.9 Å². The van der Waals surface area contributed by atoms with Gasteiger partial charge in [-0.1, -0.05) is 70.5 Å². The summed E-state index contributed by atoms with van der Waals surface area (Å²) < 4.78 is 6.56. The molecule has 0 heterocycles. The van der Waals surface area contributed by atoms with Crippen LogP contribution in [-0.2, 0) is 0 Å². The number of hydrogen-bond donors (Lipinski definition) is 0. The van der Waals surface area contributed by atoms with E-state index in [4.69, 9.17) is 4.74 Å². The van der Waals surface area contributed by atoms with Crippen molar-refractivity contribution in [1.29, 1.82) is 0 Å². The highest BCUT2D eigenvalue weighted by Crippen LogP contribution is 2.25. The number of halogens is 1. The Bertz CT molecular complexity index is 1070. The van der Waals surface area contributed by atoms with Gasteiger partial charge < -0.3 is 4.74 Å². The average Bonchev–Trinajstić information content (AvgIpc) is 2.69. The van der Waals surface area contributed by atoms with Crippen LogP contribution in [0.2, 0.25) is 0 Å². The Labute approximate surface area is 160 Å². The topological polar surface area (TPSA) is 26.3 Å². The molecule has 0 aromatic heterocycles. The van der Waals surface area contributed by atoms with Gasteiger partial charge in [-0.15, -0.1) is 0 Å². The molecule has 26 heavy (non-hydrogen) atoms. The molecular weight excluding hydrogens is 388 g/mol. The molecule has 0 aliphatic carbocycles. The predicted octanol–water partition coefficient (Wildman–Crippen LogP) is 6.49. The molecule has 0 amide bonds. The van der Waals surface area contributed by atoms with Gasteiger partial charge in [0.2, 0.25) is 0 Å². The molecule has 4 aromatic carbocycles. The lowest BCUT2D eigenvalue weighted by Crippen LogP contribution is -2.08. The van der Waals surface area contributed by atoms with Crippen molar-refractivity contribution in [3.63, 3.8) is 0 Å².